The number of carbonyl (C=O) groups excluding carboxylic acids is 1. The van der Waals surface area contributed by atoms with Crippen molar-refractivity contribution < 1.29 is 22.7 Å². The lowest BCUT2D eigenvalue weighted by atomic mass is 10.1. The summed E-state index contributed by atoms with van der Waals surface area (Å²) in [5.41, 5.74) is 5.17. The van der Waals surface area contributed by atoms with Crippen LogP contribution in [-0.4, -0.2) is 40.3 Å². The maximum atomic E-state index is 13.5. The second-order valence-electron chi connectivity index (χ2n) is 7.71. The third-order valence-electron chi connectivity index (χ3n) is 5.19. The number of anilines is 1. The van der Waals surface area contributed by atoms with Crippen molar-refractivity contribution in [1.29, 1.82) is 0 Å². The summed E-state index contributed by atoms with van der Waals surface area (Å²) in [4.78, 5) is 12.8. The summed E-state index contributed by atoms with van der Waals surface area (Å²) >= 11 is 0. The fraction of sp³-hybridized carbons (Fsp3) is 0.231. The topological polar surface area (TPSA) is 97.3 Å². The molecule has 0 bridgehead atoms. The Labute approximate surface area is 206 Å². The van der Waals surface area contributed by atoms with Crippen LogP contribution in [-0.2, 0) is 14.8 Å². The van der Waals surface area contributed by atoms with Gasteiger partial charge < -0.3 is 9.47 Å². The molecule has 3 aromatic carbocycles. The number of aryl methyl sites for hydroxylation is 1. The molecule has 1 N–H and O–H groups in total. The molecule has 8 nitrogen and oxygen atoms in total. The zero-order valence-corrected chi connectivity index (χ0v) is 21.0. The van der Waals surface area contributed by atoms with Crippen LogP contribution in [0.25, 0.3) is 0 Å². The fourth-order valence-corrected chi connectivity index (χ4v) is 4.66. The molecule has 3 aromatic rings. The van der Waals surface area contributed by atoms with Gasteiger partial charge in [-0.05, 0) is 87.0 Å². The van der Waals surface area contributed by atoms with E-state index in [-0.39, 0.29) is 4.90 Å². The average molecular weight is 496 g/mol. The Balaban J connectivity index is 1.82. The van der Waals surface area contributed by atoms with Crippen molar-refractivity contribution in [2.24, 2.45) is 5.10 Å². The van der Waals surface area contributed by atoms with Crippen molar-refractivity contribution >= 4 is 27.3 Å². The molecule has 0 aliphatic carbocycles. The van der Waals surface area contributed by atoms with E-state index in [1.807, 2.05) is 38.1 Å². The molecule has 9 heteroatoms. The van der Waals surface area contributed by atoms with Gasteiger partial charge in [0.25, 0.3) is 15.9 Å². The highest BCUT2D eigenvalue weighted by Crippen LogP contribution is 2.25. The molecule has 0 heterocycles. The number of ether oxygens (including phenoxy) is 2. The third kappa shape index (κ3) is 6.60. The number of methoxy groups -OCH3 is 1. The van der Waals surface area contributed by atoms with Gasteiger partial charge in [-0.25, -0.2) is 13.8 Å². The normalized spacial score (nSPS) is 11.6. The summed E-state index contributed by atoms with van der Waals surface area (Å²) in [5.74, 6) is 0.696. The van der Waals surface area contributed by atoms with E-state index in [0.717, 1.165) is 21.2 Å². The first-order chi connectivity index (χ1) is 16.7. The van der Waals surface area contributed by atoms with Crippen LogP contribution in [0.5, 0.6) is 11.5 Å². The van der Waals surface area contributed by atoms with Gasteiger partial charge in [0, 0.05) is 0 Å². The summed E-state index contributed by atoms with van der Waals surface area (Å²) in [6, 6.07) is 20.2. The zero-order chi connectivity index (χ0) is 25.4. The van der Waals surface area contributed by atoms with E-state index in [0.29, 0.717) is 23.8 Å². The van der Waals surface area contributed by atoms with Gasteiger partial charge in [-0.3, -0.25) is 9.10 Å². The first-order valence-corrected chi connectivity index (χ1v) is 12.5. The fourth-order valence-electron chi connectivity index (χ4n) is 3.24. The first kappa shape index (κ1) is 25.8. The Morgan fingerprint density at radius 1 is 0.943 bits per heavy atom. The molecule has 3 rings (SSSR count). The smallest absolute Gasteiger partial charge is 0.264 e. The van der Waals surface area contributed by atoms with E-state index in [1.165, 1.54) is 19.2 Å². The summed E-state index contributed by atoms with van der Waals surface area (Å²) < 4.78 is 38.5. The second-order valence-corrected chi connectivity index (χ2v) is 9.57. The molecule has 0 saturated carbocycles. The minimum absolute atomic E-state index is 0.0424. The highest BCUT2D eigenvalue weighted by molar-refractivity contribution is 7.92. The average Bonchev–Trinajstić information content (AvgIpc) is 2.87. The molecule has 0 saturated heterocycles. The Morgan fingerprint density at radius 3 is 2.11 bits per heavy atom. The molecule has 0 fully saturated rings. The quantitative estimate of drug-likeness (QED) is 0.337. The van der Waals surface area contributed by atoms with Crippen LogP contribution in [0.2, 0.25) is 0 Å². The number of sulfonamides is 1. The van der Waals surface area contributed by atoms with Crippen molar-refractivity contribution in [3.8, 4) is 11.5 Å². The molecule has 0 radical (unpaired) electrons. The van der Waals surface area contributed by atoms with Gasteiger partial charge >= 0.3 is 0 Å². The maximum Gasteiger partial charge on any atom is 0.264 e. The highest BCUT2D eigenvalue weighted by atomic mass is 32.2. The summed E-state index contributed by atoms with van der Waals surface area (Å²) in [6.45, 7) is 5.68. The Bertz CT molecular complexity index is 1270. The van der Waals surface area contributed by atoms with Gasteiger partial charge in [0.15, 0.2) is 0 Å². The molecular weight excluding hydrogens is 466 g/mol. The van der Waals surface area contributed by atoms with Crippen LogP contribution >= 0.6 is 0 Å². The van der Waals surface area contributed by atoms with Crippen molar-refractivity contribution in [3.05, 3.63) is 83.9 Å². The minimum Gasteiger partial charge on any atom is -0.497 e. The molecule has 0 unspecified atom stereocenters. The number of nitrogens with zero attached hydrogens (tertiary/aromatic N) is 2. The summed E-state index contributed by atoms with van der Waals surface area (Å²) in [5, 5.41) is 4.15. The molecule has 1 amide bonds. The predicted molar refractivity (Wildman–Crippen MR) is 137 cm³/mol. The van der Waals surface area contributed by atoms with Gasteiger partial charge in [0.05, 0.1) is 30.0 Å². The van der Waals surface area contributed by atoms with Crippen LogP contribution in [0.3, 0.4) is 0 Å². The Kier molecular flexibility index (Phi) is 8.48. The predicted octanol–water partition coefficient (Wildman–Crippen LogP) is 4.14. The van der Waals surface area contributed by atoms with Gasteiger partial charge in [0.2, 0.25) is 0 Å². The molecule has 184 valence electrons. The van der Waals surface area contributed by atoms with E-state index in [4.69, 9.17) is 9.47 Å². The van der Waals surface area contributed by atoms with E-state index >= 15 is 0 Å². The van der Waals surface area contributed by atoms with E-state index in [1.54, 1.807) is 43.3 Å². The molecule has 0 spiro atoms. The standard InChI is InChI=1S/C26H29N3O5S/c1-5-34-24-12-8-21(9-13-24)20(3)27-28-26(30)18-29(22-10-6-19(2)7-11-22)35(31,32)25-16-14-23(33-4)15-17-25/h6-17H,5,18H2,1-4H3,(H,28,30)/b27-20-. The summed E-state index contributed by atoms with van der Waals surface area (Å²) in [6.07, 6.45) is 0. The van der Waals surface area contributed by atoms with Crippen molar-refractivity contribution in [3.63, 3.8) is 0 Å². The van der Waals surface area contributed by atoms with Crippen LogP contribution in [0.4, 0.5) is 5.69 Å². The number of nitrogens with one attached hydrogen (secondary N) is 1. The monoisotopic (exact) mass is 495 g/mol. The van der Waals surface area contributed by atoms with Gasteiger partial charge in [-0.1, -0.05) is 17.7 Å². The molecular formula is C26H29N3O5S. The van der Waals surface area contributed by atoms with Crippen molar-refractivity contribution in [1.82, 2.24) is 5.43 Å². The lowest BCUT2D eigenvalue weighted by Gasteiger charge is -2.24. The SMILES string of the molecule is CCOc1ccc(/C(C)=N\NC(=O)CN(c2ccc(C)cc2)S(=O)(=O)c2ccc(OC)cc2)cc1. The van der Waals surface area contributed by atoms with Crippen LogP contribution < -0.4 is 19.2 Å². The third-order valence-corrected chi connectivity index (χ3v) is 6.98. The minimum atomic E-state index is -4.03. The molecule has 0 aliphatic rings. The van der Waals surface area contributed by atoms with E-state index in [9.17, 15) is 13.2 Å². The van der Waals surface area contributed by atoms with Gasteiger partial charge in [-0.15, -0.1) is 0 Å². The summed E-state index contributed by atoms with van der Waals surface area (Å²) in [7, 11) is -2.53. The first-order valence-electron chi connectivity index (χ1n) is 11.0. The van der Waals surface area contributed by atoms with E-state index in [2.05, 4.69) is 10.5 Å². The number of benzene rings is 3. The van der Waals surface area contributed by atoms with Gasteiger partial charge in [0.1, 0.15) is 18.0 Å². The van der Waals surface area contributed by atoms with Crippen LogP contribution in [0.1, 0.15) is 25.0 Å². The van der Waals surface area contributed by atoms with Crippen molar-refractivity contribution in [2.45, 2.75) is 25.7 Å². The lowest BCUT2D eigenvalue weighted by molar-refractivity contribution is -0.119. The van der Waals surface area contributed by atoms with Crippen LogP contribution in [0.15, 0.2) is 82.8 Å². The number of amides is 1. The Hall–Kier alpha value is -3.85. The molecule has 35 heavy (non-hydrogen) atoms. The lowest BCUT2D eigenvalue weighted by Crippen LogP contribution is -2.39. The maximum absolute atomic E-state index is 13.5. The zero-order valence-electron chi connectivity index (χ0n) is 20.2. The van der Waals surface area contributed by atoms with Gasteiger partial charge in [-0.2, -0.15) is 5.10 Å². The molecule has 0 aromatic heterocycles. The molecule has 0 aliphatic heterocycles. The Morgan fingerprint density at radius 2 is 1.54 bits per heavy atom. The number of carbonyl (C=O) groups is 1. The molecule has 0 atom stereocenters. The number of hydrogen-bond acceptors (Lipinski definition) is 6. The van der Waals surface area contributed by atoms with Crippen LogP contribution in [0, 0.1) is 6.92 Å². The van der Waals surface area contributed by atoms with Crippen molar-refractivity contribution in [2.75, 3.05) is 24.6 Å². The number of hydrazone groups is 1. The highest BCUT2D eigenvalue weighted by Gasteiger charge is 2.27. The number of rotatable bonds is 10. The van der Waals surface area contributed by atoms with E-state index < -0.39 is 22.5 Å². The number of hydrogen-bond donors (Lipinski definition) is 1. The largest absolute Gasteiger partial charge is 0.497 e. The second kappa shape index (κ2) is 11.5.